The third-order valence-electron chi connectivity index (χ3n) is 3.79. The zero-order valence-corrected chi connectivity index (χ0v) is 13.8. The minimum absolute atomic E-state index is 0.194. The third kappa shape index (κ3) is 3.65. The van der Waals surface area contributed by atoms with Crippen molar-refractivity contribution >= 4 is 27.5 Å². The van der Waals surface area contributed by atoms with Gasteiger partial charge in [-0.2, -0.15) is 0 Å². The fraction of sp³-hybridized carbons (Fsp3) is 0.600. The monoisotopic (exact) mass is 346 g/mol. The summed E-state index contributed by atoms with van der Waals surface area (Å²) < 4.78 is 11.5. The molecule has 0 N–H and O–H groups in total. The van der Waals surface area contributed by atoms with Crippen LogP contribution in [0.15, 0.2) is 12.1 Å². The number of hydrogen-bond donors (Lipinski definition) is 0. The lowest BCUT2D eigenvalue weighted by Gasteiger charge is -2.35. The Hall–Kier alpha value is -0.250. The van der Waals surface area contributed by atoms with Crippen LogP contribution in [0.3, 0.4) is 0 Å². The molecular formula is C15H20BrClO2. The van der Waals surface area contributed by atoms with Crippen LogP contribution < -0.4 is 4.74 Å². The molecule has 0 amide bonds. The molecule has 1 aliphatic heterocycles. The van der Waals surface area contributed by atoms with E-state index in [-0.39, 0.29) is 5.41 Å². The molecule has 19 heavy (non-hydrogen) atoms. The van der Waals surface area contributed by atoms with E-state index in [0.717, 1.165) is 59.9 Å². The second-order valence-corrected chi connectivity index (χ2v) is 6.34. The maximum absolute atomic E-state index is 6.17. The molecular weight excluding hydrogens is 328 g/mol. The molecule has 0 spiro atoms. The Kier molecular flexibility index (Phi) is 5.15. The van der Waals surface area contributed by atoms with Gasteiger partial charge in [-0.05, 0) is 49.9 Å². The molecule has 0 saturated carbocycles. The van der Waals surface area contributed by atoms with Crippen LogP contribution in [0.25, 0.3) is 0 Å². The molecule has 0 atom stereocenters. The lowest BCUT2D eigenvalue weighted by molar-refractivity contribution is 0.00353. The first-order valence-corrected chi connectivity index (χ1v) is 8.09. The highest BCUT2D eigenvalue weighted by Crippen LogP contribution is 2.34. The summed E-state index contributed by atoms with van der Waals surface area (Å²) >= 11 is 9.80. The van der Waals surface area contributed by atoms with Gasteiger partial charge in [-0.3, -0.25) is 0 Å². The average Bonchev–Trinajstić information content (AvgIpc) is 2.43. The van der Waals surface area contributed by atoms with Crippen LogP contribution in [0.2, 0.25) is 5.02 Å². The van der Waals surface area contributed by atoms with E-state index in [0.29, 0.717) is 0 Å². The maximum atomic E-state index is 6.17. The fourth-order valence-corrected chi connectivity index (χ4v) is 3.18. The van der Waals surface area contributed by atoms with Gasteiger partial charge in [0.2, 0.25) is 0 Å². The Labute approximate surface area is 128 Å². The van der Waals surface area contributed by atoms with Crippen molar-refractivity contribution in [2.75, 3.05) is 25.2 Å². The highest BCUT2D eigenvalue weighted by atomic mass is 79.9. The van der Waals surface area contributed by atoms with E-state index in [1.54, 1.807) is 0 Å². The van der Waals surface area contributed by atoms with Crippen LogP contribution in [0.4, 0.5) is 0 Å². The normalized spacial score (nSPS) is 18.3. The van der Waals surface area contributed by atoms with Gasteiger partial charge in [0.15, 0.2) is 0 Å². The minimum atomic E-state index is 0.194. The highest BCUT2D eigenvalue weighted by molar-refractivity contribution is 9.09. The predicted molar refractivity (Wildman–Crippen MR) is 82.7 cm³/mol. The number of benzene rings is 1. The Morgan fingerprint density at radius 2 is 1.84 bits per heavy atom. The molecule has 0 radical (unpaired) electrons. The Bertz CT molecular complexity index is 419. The summed E-state index contributed by atoms with van der Waals surface area (Å²) in [7, 11) is 0. The van der Waals surface area contributed by atoms with Crippen LogP contribution in [-0.2, 0) is 4.74 Å². The summed E-state index contributed by atoms with van der Waals surface area (Å²) in [5.41, 5.74) is 2.33. The second-order valence-electron chi connectivity index (χ2n) is 5.41. The van der Waals surface area contributed by atoms with Crippen molar-refractivity contribution in [1.82, 2.24) is 0 Å². The molecule has 1 aromatic rings. The van der Waals surface area contributed by atoms with Gasteiger partial charge in [0.25, 0.3) is 0 Å². The van der Waals surface area contributed by atoms with Crippen molar-refractivity contribution in [2.24, 2.45) is 5.41 Å². The van der Waals surface area contributed by atoms with Gasteiger partial charge in [0, 0.05) is 29.0 Å². The van der Waals surface area contributed by atoms with Crippen LogP contribution in [0, 0.1) is 19.3 Å². The topological polar surface area (TPSA) is 18.5 Å². The molecule has 0 aliphatic carbocycles. The van der Waals surface area contributed by atoms with Gasteiger partial charge < -0.3 is 9.47 Å². The molecule has 4 heteroatoms. The van der Waals surface area contributed by atoms with Crippen LogP contribution in [0.1, 0.15) is 24.0 Å². The smallest absolute Gasteiger partial charge is 0.119 e. The van der Waals surface area contributed by atoms with Gasteiger partial charge in [0.1, 0.15) is 5.75 Å². The number of aryl methyl sites for hydroxylation is 2. The van der Waals surface area contributed by atoms with Gasteiger partial charge >= 0.3 is 0 Å². The quantitative estimate of drug-likeness (QED) is 0.745. The average molecular weight is 348 g/mol. The number of rotatable bonds is 4. The van der Waals surface area contributed by atoms with Crippen molar-refractivity contribution in [3.8, 4) is 5.75 Å². The van der Waals surface area contributed by atoms with Crippen molar-refractivity contribution in [1.29, 1.82) is 0 Å². The Morgan fingerprint density at radius 1 is 1.26 bits per heavy atom. The Morgan fingerprint density at radius 3 is 2.37 bits per heavy atom. The van der Waals surface area contributed by atoms with Crippen molar-refractivity contribution in [3.05, 3.63) is 28.3 Å². The van der Waals surface area contributed by atoms with Gasteiger partial charge in [-0.25, -0.2) is 0 Å². The van der Waals surface area contributed by atoms with Gasteiger partial charge in [-0.15, -0.1) is 0 Å². The van der Waals surface area contributed by atoms with E-state index < -0.39 is 0 Å². The standard InChI is InChI=1S/C15H20BrClO2/c1-11-7-13(8-12(2)14(11)17)19-10-15(9-16)3-5-18-6-4-15/h7-8H,3-6,9-10H2,1-2H3. The maximum Gasteiger partial charge on any atom is 0.119 e. The van der Waals surface area contributed by atoms with Crippen LogP contribution in [0.5, 0.6) is 5.75 Å². The van der Waals surface area contributed by atoms with Crippen molar-refractivity contribution in [3.63, 3.8) is 0 Å². The molecule has 2 nitrogen and oxygen atoms in total. The molecule has 0 unspecified atom stereocenters. The first-order valence-electron chi connectivity index (χ1n) is 6.60. The number of ether oxygens (including phenoxy) is 2. The molecule has 106 valence electrons. The molecule has 1 saturated heterocycles. The van der Waals surface area contributed by atoms with Crippen molar-refractivity contribution in [2.45, 2.75) is 26.7 Å². The number of hydrogen-bond acceptors (Lipinski definition) is 2. The molecule has 1 fully saturated rings. The molecule has 2 rings (SSSR count). The van der Waals surface area contributed by atoms with E-state index in [1.807, 2.05) is 26.0 Å². The van der Waals surface area contributed by atoms with E-state index in [1.165, 1.54) is 0 Å². The second kappa shape index (κ2) is 6.47. The fourth-order valence-electron chi connectivity index (χ4n) is 2.35. The zero-order valence-electron chi connectivity index (χ0n) is 11.5. The van der Waals surface area contributed by atoms with Crippen LogP contribution >= 0.6 is 27.5 Å². The Balaban J connectivity index is 2.05. The summed E-state index contributed by atoms with van der Waals surface area (Å²) in [5, 5.41) is 1.78. The van der Waals surface area contributed by atoms with E-state index in [4.69, 9.17) is 21.1 Å². The lowest BCUT2D eigenvalue weighted by atomic mass is 9.83. The summed E-state index contributed by atoms with van der Waals surface area (Å²) in [5.74, 6) is 0.909. The molecule has 0 aromatic heterocycles. The van der Waals surface area contributed by atoms with Crippen LogP contribution in [-0.4, -0.2) is 25.2 Å². The minimum Gasteiger partial charge on any atom is -0.493 e. The lowest BCUT2D eigenvalue weighted by Crippen LogP contribution is -2.36. The molecule has 1 aromatic carbocycles. The molecule has 1 aliphatic rings. The summed E-state index contributed by atoms with van der Waals surface area (Å²) in [6.45, 7) is 6.40. The first-order chi connectivity index (χ1) is 9.06. The number of alkyl halides is 1. The van der Waals surface area contributed by atoms with E-state index >= 15 is 0 Å². The number of halogens is 2. The van der Waals surface area contributed by atoms with Crippen molar-refractivity contribution < 1.29 is 9.47 Å². The summed E-state index contributed by atoms with van der Waals surface area (Å²) in [6.07, 6.45) is 2.09. The SMILES string of the molecule is Cc1cc(OCC2(CBr)CCOCC2)cc(C)c1Cl. The van der Waals surface area contributed by atoms with E-state index in [9.17, 15) is 0 Å². The highest BCUT2D eigenvalue weighted by Gasteiger charge is 2.32. The van der Waals surface area contributed by atoms with Gasteiger partial charge in [0.05, 0.1) is 6.61 Å². The summed E-state index contributed by atoms with van der Waals surface area (Å²) in [4.78, 5) is 0. The largest absolute Gasteiger partial charge is 0.493 e. The van der Waals surface area contributed by atoms with E-state index in [2.05, 4.69) is 15.9 Å². The molecule has 1 heterocycles. The molecule has 0 bridgehead atoms. The zero-order chi connectivity index (χ0) is 13.9. The first kappa shape index (κ1) is 15.1. The third-order valence-corrected chi connectivity index (χ3v) is 5.58. The van der Waals surface area contributed by atoms with Gasteiger partial charge in [-0.1, -0.05) is 27.5 Å². The summed E-state index contributed by atoms with van der Waals surface area (Å²) in [6, 6.07) is 4.02. The predicted octanol–water partition coefficient (Wildman–Crippen LogP) is 4.53.